The number of piperidine rings is 1. The third-order valence-corrected chi connectivity index (χ3v) is 4.34. The van der Waals surface area contributed by atoms with Crippen LogP contribution < -0.4 is 5.32 Å². The van der Waals surface area contributed by atoms with Crippen LogP contribution >= 0.6 is 0 Å². The van der Waals surface area contributed by atoms with Gasteiger partial charge in [0.25, 0.3) is 5.91 Å². The second-order valence-corrected chi connectivity index (χ2v) is 5.84. The van der Waals surface area contributed by atoms with Crippen molar-refractivity contribution in [3.8, 4) is 0 Å². The number of aryl methyl sites for hydroxylation is 2. The molecular weight excluding hydrogens is 248 g/mol. The maximum atomic E-state index is 12.5. The topological polar surface area (TPSA) is 32.3 Å². The maximum Gasteiger partial charge on any atom is 0.253 e. The molecule has 3 heteroatoms. The molecule has 3 nitrogen and oxygen atoms in total. The van der Waals surface area contributed by atoms with Crippen LogP contribution in [0.3, 0.4) is 0 Å². The van der Waals surface area contributed by atoms with Gasteiger partial charge in [0, 0.05) is 18.7 Å². The van der Waals surface area contributed by atoms with Gasteiger partial charge in [0.1, 0.15) is 0 Å². The molecule has 0 atom stereocenters. The predicted molar refractivity (Wildman–Crippen MR) is 83.1 cm³/mol. The van der Waals surface area contributed by atoms with Crippen molar-refractivity contribution in [3.63, 3.8) is 0 Å². The Morgan fingerprint density at radius 2 is 1.95 bits per heavy atom. The molecule has 1 N–H and O–H groups in total. The third kappa shape index (κ3) is 3.60. The van der Waals surface area contributed by atoms with E-state index < -0.39 is 0 Å². The molecular formula is C17H26N2O. The number of rotatable bonds is 4. The number of hydrogen-bond donors (Lipinski definition) is 1. The molecule has 0 aromatic heterocycles. The van der Waals surface area contributed by atoms with Crippen LogP contribution in [0.5, 0.6) is 0 Å². The molecule has 1 fully saturated rings. The fourth-order valence-corrected chi connectivity index (χ4v) is 2.75. The average Bonchev–Trinajstić information content (AvgIpc) is 2.48. The van der Waals surface area contributed by atoms with Crippen LogP contribution in [0.2, 0.25) is 0 Å². The fraction of sp³-hybridized carbons (Fsp3) is 0.588. The van der Waals surface area contributed by atoms with Gasteiger partial charge in [-0.2, -0.15) is 0 Å². The minimum Gasteiger partial charge on any atom is -0.339 e. The van der Waals surface area contributed by atoms with Crippen molar-refractivity contribution >= 4 is 5.91 Å². The first-order valence-corrected chi connectivity index (χ1v) is 7.69. The highest BCUT2D eigenvalue weighted by Gasteiger charge is 2.23. The van der Waals surface area contributed by atoms with Crippen molar-refractivity contribution in [3.05, 3.63) is 34.9 Å². The van der Waals surface area contributed by atoms with Gasteiger partial charge in [0.15, 0.2) is 0 Å². The van der Waals surface area contributed by atoms with Crippen LogP contribution in [0.15, 0.2) is 18.2 Å². The molecule has 1 aromatic rings. The van der Waals surface area contributed by atoms with E-state index in [1.54, 1.807) is 0 Å². The second-order valence-electron chi connectivity index (χ2n) is 5.84. The second kappa shape index (κ2) is 6.89. The first-order chi connectivity index (χ1) is 9.61. The fourth-order valence-electron chi connectivity index (χ4n) is 2.75. The zero-order chi connectivity index (χ0) is 14.5. The molecule has 1 aliphatic rings. The predicted octanol–water partition coefficient (Wildman–Crippen LogP) is 2.77. The van der Waals surface area contributed by atoms with Crippen molar-refractivity contribution in [2.75, 3.05) is 26.2 Å². The quantitative estimate of drug-likeness (QED) is 0.915. The molecule has 0 spiro atoms. The van der Waals surface area contributed by atoms with E-state index in [2.05, 4.69) is 26.1 Å². The zero-order valence-corrected chi connectivity index (χ0v) is 12.9. The van der Waals surface area contributed by atoms with E-state index in [0.29, 0.717) is 0 Å². The lowest BCUT2D eigenvalue weighted by Gasteiger charge is -2.32. The Bertz CT molecular complexity index is 462. The molecule has 0 aliphatic carbocycles. The number of amides is 1. The Balaban J connectivity index is 1.92. The summed E-state index contributed by atoms with van der Waals surface area (Å²) in [6.45, 7) is 10.2. The van der Waals surface area contributed by atoms with E-state index in [9.17, 15) is 4.79 Å². The molecule has 1 aliphatic heterocycles. The highest BCUT2D eigenvalue weighted by atomic mass is 16.2. The molecule has 1 heterocycles. The Labute approximate surface area is 122 Å². The van der Waals surface area contributed by atoms with E-state index in [1.165, 1.54) is 11.1 Å². The van der Waals surface area contributed by atoms with Crippen molar-refractivity contribution in [1.82, 2.24) is 10.2 Å². The van der Waals surface area contributed by atoms with Crippen LogP contribution in [0.1, 0.15) is 41.3 Å². The summed E-state index contributed by atoms with van der Waals surface area (Å²) in [5.74, 6) is 0.911. The van der Waals surface area contributed by atoms with Crippen molar-refractivity contribution in [2.45, 2.75) is 33.6 Å². The molecule has 2 rings (SSSR count). The summed E-state index contributed by atoms with van der Waals surface area (Å²) in [4.78, 5) is 14.5. The summed E-state index contributed by atoms with van der Waals surface area (Å²) >= 11 is 0. The molecule has 0 unspecified atom stereocenters. The lowest BCUT2D eigenvalue weighted by Crippen LogP contribution is -2.40. The molecule has 110 valence electrons. The molecule has 0 saturated carbocycles. The highest BCUT2D eigenvalue weighted by molar-refractivity contribution is 5.94. The number of likely N-dealkylation sites (tertiary alicyclic amines) is 1. The van der Waals surface area contributed by atoms with Gasteiger partial charge in [-0.05, 0) is 69.0 Å². The number of hydrogen-bond acceptors (Lipinski definition) is 2. The molecule has 1 amide bonds. The first-order valence-electron chi connectivity index (χ1n) is 7.69. The van der Waals surface area contributed by atoms with Gasteiger partial charge in [-0.1, -0.05) is 13.0 Å². The van der Waals surface area contributed by atoms with E-state index in [-0.39, 0.29) is 5.91 Å². The monoisotopic (exact) mass is 274 g/mol. The van der Waals surface area contributed by atoms with Crippen molar-refractivity contribution in [1.29, 1.82) is 0 Å². The lowest BCUT2D eigenvalue weighted by atomic mass is 9.96. The van der Waals surface area contributed by atoms with Gasteiger partial charge in [0.05, 0.1) is 0 Å². The standard InChI is InChI=1S/C17H26N2O/c1-4-18-12-15-7-9-19(10-8-15)17(20)16-6-5-13(2)14(3)11-16/h5-6,11,15,18H,4,7-10,12H2,1-3H3. The van der Waals surface area contributed by atoms with E-state index in [0.717, 1.165) is 50.5 Å². The summed E-state index contributed by atoms with van der Waals surface area (Å²) in [6.07, 6.45) is 2.23. The molecule has 1 saturated heterocycles. The summed E-state index contributed by atoms with van der Waals surface area (Å²) in [5, 5.41) is 3.40. The highest BCUT2D eigenvalue weighted by Crippen LogP contribution is 2.19. The molecule has 1 aromatic carbocycles. The summed E-state index contributed by atoms with van der Waals surface area (Å²) in [5.41, 5.74) is 3.27. The van der Waals surface area contributed by atoms with E-state index >= 15 is 0 Å². The lowest BCUT2D eigenvalue weighted by molar-refractivity contribution is 0.0690. The smallest absolute Gasteiger partial charge is 0.253 e. The van der Waals surface area contributed by atoms with Gasteiger partial charge in [0.2, 0.25) is 0 Å². The maximum absolute atomic E-state index is 12.5. The number of nitrogens with zero attached hydrogens (tertiary/aromatic N) is 1. The molecule has 20 heavy (non-hydrogen) atoms. The SMILES string of the molecule is CCNCC1CCN(C(=O)c2ccc(C)c(C)c2)CC1. The van der Waals surface area contributed by atoms with E-state index in [4.69, 9.17) is 0 Å². The Kier molecular flexibility index (Phi) is 5.18. The number of benzene rings is 1. The summed E-state index contributed by atoms with van der Waals surface area (Å²) in [7, 11) is 0. The Hall–Kier alpha value is -1.35. The number of nitrogens with one attached hydrogen (secondary N) is 1. The minimum absolute atomic E-state index is 0.190. The van der Waals surface area contributed by atoms with E-state index in [1.807, 2.05) is 23.1 Å². The molecule has 0 bridgehead atoms. The van der Waals surface area contributed by atoms with Gasteiger partial charge in [-0.3, -0.25) is 4.79 Å². The van der Waals surface area contributed by atoms with Gasteiger partial charge in [-0.15, -0.1) is 0 Å². The first kappa shape index (κ1) is 15.0. The van der Waals surface area contributed by atoms with Crippen LogP contribution in [-0.2, 0) is 0 Å². The normalized spacial score (nSPS) is 16.4. The van der Waals surface area contributed by atoms with Crippen molar-refractivity contribution < 1.29 is 4.79 Å². The summed E-state index contributed by atoms with van der Waals surface area (Å²) < 4.78 is 0. The number of carbonyl (C=O) groups excluding carboxylic acids is 1. The van der Waals surface area contributed by atoms with Gasteiger partial charge in [-0.25, -0.2) is 0 Å². The van der Waals surface area contributed by atoms with Crippen LogP contribution in [-0.4, -0.2) is 37.0 Å². The average molecular weight is 274 g/mol. The van der Waals surface area contributed by atoms with Crippen LogP contribution in [0, 0.1) is 19.8 Å². The number of carbonyl (C=O) groups is 1. The van der Waals surface area contributed by atoms with Gasteiger partial charge < -0.3 is 10.2 Å². The van der Waals surface area contributed by atoms with Crippen LogP contribution in [0.25, 0.3) is 0 Å². The third-order valence-electron chi connectivity index (χ3n) is 4.34. The Morgan fingerprint density at radius 3 is 2.55 bits per heavy atom. The van der Waals surface area contributed by atoms with Crippen molar-refractivity contribution in [2.24, 2.45) is 5.92 Å². The summed E-state index contributed by atoms with van der Waals surface area (Å²) in [6, 6.07) is 6.01. The zero-order valence-electron chi connectivity index (χ0n) is 12.9. The largest absolute Gasteiger partial charge is 0.339 e. The van der Waals surface area contributed by atoms with Gasteiger partial charge >= 0.3 is 0 Å². The Morgan fingerprint density at radius 1 is 1.25 bits per heavy atom. The molecule has 0 radical (unpaired) electrons. The van der Waals surface area contributed by atoms with Crippen LogP contribution in [0.4, 0.5) is 0 Å². The minimum atomic E-state index is 0.190.